The maximum Gasteiger partial charge on any atom is 0.186 e. The molecule has 82 valence electrons. The standard InChI is InChI=1S/C12H13N3O/c1-15(11(7-13)8-14)9-10-3-5-12(16-2)6-4-10/h3-6,11H,9H2,1-2H3. The maximum absolute atomic E-state index is 8.72. The van der Waals surface area contributed by atoms with Gasteiger partial charge in [-0.05, 0) is 24.7 Å². The second-order valence-electron chi connectivity index (χ2n) is 3.42. The average molecular weight is 215 g/mol. The molecule has 0 heterocycles. The van der Waals surface area contributed by atoms with Crippen LogP contribution in [0.5, 0.6) is 5.75 Å². The summed E-state index contributed by atoms with van der Waals surface area (Å²) in [6, 6.07) is 10.7. The Labute approximate surface area is 95.3 Å². The molecule has 0 saturated carbocycles. The quantitative estimate of drug-likeness (QED) is 0.764. The summed E-state index contributed by atoms with van der Waals surface area (Å²) >= 11 is 0. The Morgan fingerprint density at radius 2 is 1.81 bits per heavy atom. The van der Waals surface area contributed by atoms with Gasteiger partial charge in [-0.25, -0.2) is 0 Å². The van der Waals surface area contributed by atoms with Crippen LogP contribution in [0.1, 0.15) is 5.56 Å². The van der Waals surface area contributed by atoms with Crippen LogP contribution in [0.2, 0.25) is 0 Å². The molecule has 0 spiro atoms. The third-order valence-electron chi connectivity index (χ3n) is 2.28. The zero-order valence-corrected chi connectivity index (χ0v) is 9.34. The molecule has 0 radical (unpaired) electrons. The Balaban J connectivity index is 2.67. The lowest BCUT2D eigenvalue weighted by Gasteiger charge is -2.16. The van der Waals surface area contributed by atoms with E-state index >= 15 is 0 Å². The molecule has 0 aliphatic carbocycles. The van der Waals surface area contributed by atoms with Gasteiger partial charge in [0, 0.05) is 6.54 Å². The van der Waals surface area contributed by atoms with Crippen molar-refractivity contribution in [2.24, 2.45) is 0 Å². The third-order valence-corrected chi connectivity index (χ3v) is 2.28. The van der Waals surface area contributed by atoms with E-state index in [0.717, 1.165) is 11.3 Å². The minimum Gasteiger partial charge on any atom is -0.497 e. The van der Waals surface area contributed by atoms with Crippen LogP contribution < -0.4 is 4.74 Å². The molecule has 0 aliphatic rings. The summed E-state index contributed by atoms with van der Waals surface area (Å²) in [6.45, 7) is 0.565. The fourth-order valence-corrected chi connectivity index (χ4v) is 1.34. The molecule has 0 aliphatic heterocycles. The topological polar surface area (TPSA) is 60.0 Å². The van der Waals surface area contributed by atoms with E-state index in [1.165, 1.54) is 0 Å². The fourth-order valence-electron chi connectivity index (χ4n) is 1.34. The van der Waals surface area contributed by atoms with Crippen LogP contribution in [0, 0.1) is 22.7 Å². The van der Waals surface area contributed by atoms with E-state index in [9.17, 15) is 0 Å². The van der Waals surface area contributed by atoms with Crippen molar-refractivity contribution in [1.82, 2.24) is 4.90 Å². The first kappa shape index (κ1) is 12.0. The summed E-state index contributed by atoms with van der Waals surface area (Å²) < 4.78 is 5.05. The average Bonchev–Trinajstić information content (AvgIpc) is 2.31. The molecule has 0 N–H and O–H groups in total. The van der Waals surface area contributed by atoms with E-state index in [1.807, 2.05) is 36.4 Å². The first-order valence-corrected chi connectivity index (χ1v) is 4.83. The largest absolute Gasteiger partial charge is 0.497 e. The lowest BCUT2D eigenvalue weighted by molar-refractivity contribution is 0.321. The number of benzene rings is 1. The van der Waals surface area contributed by atoms with Crippen molar-refractivity contribution in [3.63, 3.8) is 0 Å². The zero-order chi connectivity index (χ0) is 12.0. The monoisotopic (exact) mass is 215 g/mol. The summed E-state index contributed by atoms with van der Waals surface area (Å²) in [4.78, 5) is 1.70. The summed E-state index contributed by atoms with van der Waals surface area (Å²) in [5, 5.41) is 17.4. The van der Waals surface area contributed by atoms with Crippen LogP contribution in [0.15, 0.2) is 24.3 Å². The van der Waals surface area contributed by atoms with Gasteiger partial charge in [-0.3, -0.25) is 4.90 Å². The van der Waals surface area contributed by atoms with Gasteiger partial charge in [0.25, 0.3) is 0 Å². The normalized spacial score (nSPS) is 9.88. The molecule has 0 amide bonds. The van der Waals surface area contributed by atoms with Gasteiger partial charge in [0.2, 0.25) is 0 Å². The Morgan fingerprint density at radius 3 is 2.25 bits per heavy atom. The molecular formula is C12H13N3O. The van der Waals surface area contributed by atoms with Gasteiger partial charge in [0.1, 0.15) is 5.75 Å². The molecule has 1 aromatic rings. The third kappa shape index (κ3) is 2.98. The molecule has 0 bridgehead atoms. The highest BCUT2D eigenvalue weighted by Crippen LogP contribution is 2.13. The summed E-state index contributed by atoms with van der Waals surface area (Å²) in [5.74, 6) is 0.795. The van der Waals surface area contributed by atoms with Gasteiger partial charge < -0.3 is 4.74 Å². The summed E-state index contributed by atoms with van der Waals surface area (Å²) in [5.41, 5.74) is 1.04. The van der Waals surface area contributed by atoms with E-state index < -0.39 is 6.04 Å². The lowest BCUT2D eigenvalue weighted by atomic mass is 10.2. The maximum atomic E-state index is 8.72. The molecule has 1 aromatic carbocycles. The van der Waals surface area contributed by atoms with Gasteiger partial charge >= 0.3 is 0 Å². The number of rotatable bonds is 4. The SMILES string of the molecule is COc1ccc(CN(C)C(C#N)C#N)cc1. The molecule has 0 saturated heterocycles. The highest BCUT2D eigenvalue weighted by atomic mass is 16.5. The van der Waals surface area contributed by atoms with Gasteiger partial charge in [0.05, 0.1) is 19.2 Å². The number of hydrogen-bond acceptors (Lipinski definition) is 4. The van der Waals surface area contributed by atoms with E-state index in [0.29, 0.717) is 6.54 Å². The van der Waals surface area contributed by atoms with Crippen LogP contribution in [0.3, 0.4) is 0 Å². The second kappa shape index (κ2) is 5.75. The minimum absolute atomic E-state index is 0.565. The molecular weight excluding hydrogens is 202 g/mol. The smallest absolute Gasteiger partial charge is 0.186 e. The van der Waals surface area contributed by atoms with E-state index in [4.69, 9.17) is 15.3 Å². The van der Waals surface area contributed by atoms with Gasteiger partial charge in [-0.2, -0.15) is 10.5 Å². The van der Waals surface area contributed by atoms with Gasteiger partial charge in [-0.1, -0.05) is 12.1 Å². The summed E-state index contributed by atoms with van der Waals surface area (Å²) in [6.07, 6.45) is 0. The van der Waals surface area contributed by atoms with Crippen molar-refractivity contribution in [2.45, 2.75) is 12.6 Å². The minimum atomic E-state index is -0.706. The van der Waals surface area contributed by atoms with Crippen molar-refractivity contribution in [3.8, 4) is 17.9 Å². The van der Waals surface area contributed by atoms with E-state index in [2.05, 4.69) is 0 Å². The van der Waals surface area contributed by atoms with Gasteiger partial charge in [-0.15, -0.1) is 0 Å². The predicted molar refractivity (Wildman–Crippen MR) is 59.5 cm³/mol. The van der Waals surface area contributed by atoms with Crippen molar-refractivity contribution in [1.29, 1.82) is 10.5 Å². The van der Waals surface area contributed by atoms with E-state index in [-0.39, 0.29) is 0 Å². The highest BCUT2D eigenvalue weighted by molar-refractivity contribution is 5.27. The van der Waals surface area contributed by atoms with E-state index in [1.54, 1.807) is 19.1 Å². The number of methoxy groups -OCH3 is 1. The first-order valence-electron chi connectivity index (χ1n) is 4.83. The molecule has 0 atom stereocenters. The first-order chi connectivity index (χ1) is 7.71. The van der Waals surface area contributed by atoms with Crippen molar-refractivity contribution in [2.75, 3.05) is 14.2 Å². The fraction of sp³-hybridized carbons (Fsp3) is 0.333. The molecule has 4 heteroatoms. The number of ether oxygens (including phenoxy) is 1. The molecule has 0 fully saturated rings. The second-order valence-corrected chi connectivity index (χ2v) is 3.42. The Kier molecular flexibility index (Phi) is 4.32. The Hall–Kier alpha value is -2.04. The molecule has 0 unspecified atom stereocenters. The number of hydrogen-bond donors (Lipinski definition) is 0. The molecule has 4 nitrogen and oxygen atoms in total. The number of nitrogens with zero attached hydrogens (tertiary/aromatic N) is 3. The van der Waals surface area contributed by atoms with Crippen LogP contribution in [-0.2, 0) is 6.54 Å². The predicted octanol–water partition coefficient (Wildman–Crippen LogP) is 1.54. The Morgan fingerprint density at radius 1 is 1.25 bits per heavy atom. The van der Waals surface area contributed by atoms with Gasteiger partial charge in [0.15, 0.2) is 6.04 Å². The van der Waals surface area contributed by atoms with Crippen LogP contribution >= 0.6 is 0 Å². The Bertz CT molecular complexity index is 399. The molecule has 16 heavy (non-hydrogen) atoms. The van der Waals surface area contributed by atoms with Crippen LogP contribution in [0.25, 0.3) is 0 Å². The highest BCUT2D eigenvalue weighted by Gasteiger charge is 2.12. The molecule has 0 aromatic heterocycles. The molecule has 1 rings (SSSR count). The zero-order valence-electron chi connectivity index (χ0n) is 9.34. The summed E-state index contributed by atoms with van der Waals surface area (Å²) in [7, 11) is 3.36. The van der Waals surface area contributed by atoms with Crippen molar-refractivity contribution >= 4 is 0 Å². The van der Waals surface area contributed by atoms with Crippen molar-refractivity contribution < 1.29 is 4.74 Å². The van der Waals surface area contributed by atoms with Crippen LogP contribution in [0.4, 0.5) is 0 Å². The lowest BCUT2D eigenvalue weighted by Crippen LogP contribution is -2.28. The van der Waals surface area contributed by atoms with Crippen molar-refractivity contribution in [3.05, 3.63) is 29.8 Å². The van der Waals surface area contributed by atoms with Crippen LogP contribution in [-0.4, -0.2) is 25.1 Å². The number of nitriles is 2.